The third-order valence-electron chi connectivity index (χ3n) is 5.46. The summed E-state index contributed by atoms with van der Waals surface area (Å²) in [7, 11) is 0. The molecule has 2 aliphatic heterocycles. The second kappa shape index (κ2) is 9.68. The van der Waals surface area contributed by atoms with Crippen LogP contribution >= 0.6 is 0 Å². The third-order valence-corrected chi connectivity index (χ3v) is 5.46. The molecule has 2 aromatic rings. The van der Waals surface area contributed by atoms with Gasteiger partial charge in [-0.25, -0.2) is 4.79 Å². The number of amides is 2. The van der Waals surface area contributed by atoms with Gasteiger partial charge in [-0.1, -0.05) is 6.07 Å². The summed E-state index contributed by atoms with van der Waals surface area (Å²) >= 11 is 0. The third kappa shape index (κ3) is 5.46. The fourth-order valence-electron chi connectivity index (χ4n) is 3.96. The van der Waals surface area contributed by atoms with Gasteiger partial charge in [0.15, 0.2) is 0 Å². The highest BCUT2D eigenvalue weighted by atomic mass is 19.4. The maximum absolute atomic E-state index is 12.9. The van der Waals surface area contributed by atoms with E-state index in [0.717, 1.165) is 12.0 Å². The van der Waals surface area contributed by atoms with Crippen molar-refractivity contribution in [1.82, 2.24) is 14.8 Å². The molecule has 2 saturated heterocycles. The van der Waals surface area contributed by atoms with Crippen molar-refractivity contribution < 1.29 is 32.7 Å². The molecule has 33 heavy (non-hydrogen) atoms. The molecule has 0 radical (unpaired) electrons. The van der Waals surface area contributed by atoms with Crippen LogP contribution in [0, 0.1) is 11.3 Å². The van der Waals surface area contributed by atoms with E-state index in [9.17, 15) is 22.8 Å². The molecule has 0 spiro atoms. The summed E-state index contributed by atoms with van der Waals surface area (Å²) in [6.07, 6.45) is -0.495. The first-order chi connectivity index (χ1) is 15.6. The number of rotatable bonds is 3. The highest BCUT2D eigenvalue weighted by molar-refractivity contribution is 5.96. The predicted octanol–water partition coefficient (Wildman–Crippen LogP) is 2.60. The molecule has 3 heterocycles. The van der Waals surface area contributed by atoms with Crippen LogP contribution in [0.15, 0.2) is 48.8 Å². The van der Waals surface area contributed by atoms with Gasteiger partial charge in [0.25, 0.3) is 5.91 Å². The number of likely N-dealkylation sites (tertiary alicyclic amines) is 2. The highest BCUT2D eigenvalue weighted by Crippen LogP contribution is 2.34. The maximum atomic E-state index is 12.9. The number of aliphatic carboxylic acids is 1. The van der Waals surface area contributed by atoms with Gasteiger partial charge >= 0.3 is 12.1 Å². The largest absolute Gasteiger partial charge is 0.490 e. The van der Waals surface area contributed by atoms with Crippen LogP contribution in [0.5, 0.6) is 0 Å². The van der Waals surface area contributed by atoms with Gasteiger partial charge in [-0.15, -0.1) is 0 Å². The van der Waals surface area contributed by atoms with Gasteiger partial charge in [-0.2, -0.15) is 18.4 Å². The molecule has 11 heteroatoms. The van der Waals surface area contributed by atoms with E-state index in [1.807, 2.05) is 17.0 Å². The predicted molar refractivity (Wildman–Crippen MR) is 107 cm³/mol. The Bertz CT molecular complexity index is 1090. The lowest BCUT2D eigenvalue weighted by Crippen LogP contribution is -2.39. The Hall–Kier alpha value is -3.94. The summed E-state index contributed by atoms with van der Waals surface area (Å²) < 4.78 is 31.7. The smallest absolute Gasteiger partial charge is 0.475 e. The second-order valence-electron chi connectivity index (χ2n) is 7.50. The highest BCUT2D eigenvalue weighted by Gasteiger charge is 2.48. The van der Waals surface area contributed by atoms with Crippen molar-refractivity contribution in [3.8, 4) is 6.07 Å². The quantitative estimate of drug-likeness (QED) is 0.753. The first kappa shape index (κ1) is 23.7. The van der Waals surface area contributed by atoms with Gasteiger partial charge in [0.05, 0.1) is 23.7 Å². The minimum atomic E-state index is -5.08. The summed E-state index contributed by atoms with van der Waals surface area (Å²) in [5.74, 6) is -2.78. The van der Waals surface area contributed by atoms with Crippen molar-refractivity contribution in [1.29, 1.82) is 5.26 Å². The van der Waals surface area contributed by atoms with Crippen molar-refractivity contribution in [2.75, 3.05) is 6.54 Å². The van der Waals surface area contributed by atoms with E-state index < -0.39 is 12.1 Å². The molecule has 0 unspecified atom stereocenters. The number of pyridine rings is 1. The molecular weight excluding hydrogens is 441 g/mol. The van der Waals surface area contributed by atoms with Crippen LogP contribution in [0.1, 0.15) is 34.3 Å². The number of benzene rings is 1. The van der Waals surface area contributed by atoms with Crippen LogP contribution in [0.4, 0.5) is 13.2 Å². The van der Waals surface area contributed by atoms with E-state index in [2.05, 4.69) is 11.1 Å². The molecule has 2 amide bonds. The zero-order chi connectivity index (χ0) is 24.2. The number of hydrogen-bond acceptors (Lipinski definition) is 5. The van der Waals surface area contributed by atoms with E-state index in [1.165, 1.54) is 0 Å². The van der Waals surface area contributed by atoms with E-state index in [4.69, 9.17) is 15.2 Å². The molecule has 172 valence electrons. The lowest BCUT2D eigenvalue weighted by atomic mass is 10.1. The summed E-state index contributed by atoms with van der Waals surface area (Å²) in [5.41, 5.74) is 2.01. The first-order valence-corrected chi connectivity index (χ1v) is 9.91. The minimum Gasteiger partial charge on any atom is -0.475 e. The molecule has 1 aromatic carbocycles. The Morgan fingerprint density at radius 2 is 1.85 bits per heavy atom. The van der Waals surface area contributed by atoms with Crippen LogP contribution in [0.3, 0.4) is 0 Å². The Morgan fingerprint density at radius 3 is 2.45 bits per heavy atom. The van der Waals surface area contributed by atoms with Crippen LogP contribution < -0.4 is 0 Å². The summed E-state index contributed by atoms with van der Waals surface area (Å²) in [4.78, 5) is 42.0. The molecular formula is C22H19F3N4O4. The standard InChI is InChI=1S/C20H18N4O2.C2HF3O2/c21-12-15-2-1-3-16(10-15)20(26)23-9-6-17-18(23)11-19(25)24(17)13-14-4-7-22-8-5-14;3-2(4,5)1(6)7/h1-5,7-8,10,17-18H,6,9,11,13H2;(H,6,7)/t17-,18+;/m1./s1. The molecule has 0 saturated carbocycles. The molecule has 1 aromatic heterocycles. The molecule has 8 nitrogen and oxygen atoms in total. The van der Waals surface area contributed by atoms with Crippen LogP contribution in [-0.4, -0.2) is 62.5 Å². The van der Waals surface area contributed by atoms with Crippen LogP contribution in [-0.2, 0) is 16.1 Å². The van der Waals surface area contributed by atoms with E-state index in [0.29, 0.717) is 30.6 Å². The van der Waals surface area contributed by atoms with Gasteiger partial charge in [0.2, 0.25) is 5.91 Å². The molecule has 0 bridgehead atoms. The number of nitrogens with zero attached hydrogens (tertiary/aromatic N) is 4. The van der Waals surface area contributed by atoms with Crippen LogP contribution in [0.2, 0.25) is 0 Å². The average molecular weight is 460 g/mol. The number of alkyl halides is 3. The number of aromatic nitrogens is 1. The zero-order valence-corrected chi connectivity index (χ0v) is 17.2. The number of halogens is 3. The Morgan fingerprint density at radius 1 is 1.18 bits per heavy atom. The number of carbonyl (C=O) groups excluding carboxylic acids is 2. The van der Waals surface area contributed by atoms with Crippen LogP contribution in [0.25, 0.3) is 0 Å². The average Bonchev–Trinajstić information content (AvgIpc) is 3.33. The Labute approximate surface area is 186 Å². The van der Waals surface area contributed by atoms with Gasteiger partial charge in [-0.05, 0) is 42.3 Å². The maximum Gasteiger partial charge on any atom is 0.490 e. The van der Waals surface area contributed by atoms with Gasteiger partial charge in [0, 0.05) is 37.5 Å². The lowest BCUT2D eigenvalue weighted by Gasteiger charge is -2.25. The number of carboxylic acid groups (broad SMARTS) is 1. The van der Waals surface area contributed by atoms with Crippen molar-refractivity contribution in [2.24, 2.45) is 0 Å². The summed E-state index contributed by atoms with van der Waals surface area (Å²) in [6, 6.07) is 12.6. The van der Waals surface area contributed by atoms with Gasteiger partial charge in [0.1, 0.15) is 0 Å². The Balaban J connectivity index is 0.000000383. The number of carboxylic acids is 1. The molecule has 4 rings (SSSR count). The Kier molecular flexibility index (Phi) is 6.96. The normalized spacial score (nSPS) is 19.4. The first-order valence-electron chi connectivity index (χ1n) is 9.91. The number of fused-ring (bicyclic) bond motifs is 1. The van der Waals surface area contributed by atoms with Crippen molar-refractivity contribution in [2.45, 2.75) is 37.6 Å². The number of carbonyl (C=O) groups is 3. The number of hydrogen-bond donors (Lipinski definition) is 1. The van der Waals surface area contributed by atoms with Gasteiger partial charge in [-0.3, -0.25) is 14.6 Å². The zero-order valence-electron chi connectivity index (χ0n) is 17.2. The topological polar surface area (TPSA) is 115 Å². The molecule has 0 aliphatic carbocycles. The summed E-state index contributed by atoms with van der Waals surface area (Å²) in [5, 5.41) is 16.2. The van der Waals surface area contributed by atoms with E-state index in [1.54, 1.807) is 41.6 Å². The molecule has 2 atom stereocenters. The van der Waals surface area contributed by atoms with E-state index >= 15 is 0 Å². The summed E-state index contributed by atoms with van der Waals surface area (Å²) in [6.45, 7) is 1.18. The fourth-order valence-corrected chi connectivity index (χ4v) is 3.96. The molecule has 2 aliphatic rings. The molecule has 2 fully saturated rings. The van der Waals surface area contributed by atoms with Crippen molar-refractivity contribution in [3.63, 3.8) is 0 Å². The number of nitriles is 1. The van der Waals surface area contributed by atoms with Gasteiger partial charge < -0.3 is 14.9 Å². The fraction of sp³-hybridized carbons (Fsp3) is 0.318. The monoisotopic (exact) mass is 460 g/mol. The lowest BCUT2D eigenvalue weighted by molar-refractivity contribution is -0.192. The molecule has 1 N–H and O–H groups in total. The minimum absolute atomic E-state index is 0.0544. The van der Waals surface area contributed by atoms with E-state index in [-0.39, 0.29) is 23.9 Å². The van der Waals surface area contributed by atoms with Crippen molar-refractivity contribution in [3.05, 3.63) is 65.5 Å². The van der Waals surface area contributed by atoms with Crippen molar-refractivity contribution >= 4 is 17.8 Å². The SMILES string of the molecule is N#Cc1cccc(C(=O)N2CC[C@@H]3[C@@H]2CC(=O)N3Cc2ccncc2)c1.O=C(O)C(F)(F)F. The second-order valence-corrected chi connectivity index (χ2v) is 7.50.